The number of methoxy groups -OCH3 is 2. The molecule has 0 fully saturated rings. The molecule has 0 aromatic heterocycles. The van der Waals surface area contributed by atoms with Crippen molar-refractivity contribution < 1.29 is 14.3 Å². The summed E-state index contributed by atoms with van der Waals surface area (Å²) in [6, 6.07) is 14.5. The molecule has 1 N–H and O–H groups in total. The van der Waals surface area contributed by atoms with Crippen molar-refractivity contribution in [2.24, 2.45) is 0 Å². The van der Waals surface area contributed by atoms with Gasteiger partial charge < -0.3 is 9.47 Å². The molecule has 1 aliphatic heterocycles. The van der Waals surface area contributed by atoms with Crippen molar-refractivity contribution in [2.75, 3.05) is 20.0 Å². The summed E-state index contributed by atoms with van der Waals surface area (Å²) >= 11 is 1.79. The van der Waals surface area contributed by atoms with Gasteiger partial charge in [0.25, 0.3) is 0 Å². The van der Waals surface area contributed by atoms with Crippen LogP contribution in [0, 0.1) is 0 Å². The summed E-state index contributed by atoms with van der Waals surface area (Å²) in [5.74, 6) is 2.58. The predicted molar refractivity (Wildman–Crippen MR) is 115 cm³/mol. The largest absolute Gasteiger partial charge is 0.493 e. The fraction of sp³-hybridized carbons (Fsp3) is 0.435. The van der Waals surface area contributed by atoms with Gasteiger partial charge in [-0.15, -0.1) is 11.8 Å². The van der Waals surface area contributed by atoms with Gasteiger partial charge in [-0.1, -0.05) is 44.2 Å². The molecule has 0 amide bonds. The molecule has 0 unspecified atom stereocenters. The molecule has 150 valence electrons. The standard InChI is InChI=1S/C23H29NO3S/c1-5-17(25)14-23(6-2)15-28-21-13-20(27-4)19(26-3)12-18(21)22(24-23)16-10-8-7-9-11-16/h7-13,22,24H,5-6,14-15H2,1-4H3/t22-,23-/m0/s1. The van der Waals surface area contributed by atoms with E-state index in [4.69, 9.17) is 9.47 Å². The number of benzene rings is 2. The van der Waals surface area contributed by atoms with Gasteiger partial charge in [0.05, 0.1) is 20.3 Å². The Hall–Kier alpha value is -1.98. The number of carbonyl (C=O) groups is 1. The Kier molecular flexibility index (Phi) is 6.68. The minimum Gasteiger partial charge on any atom is -0.493 e. The molecule has 5 heteroatoms. The zero-order chi connectivity index (χ0) is 20.1. The van der Waals surface area contributed by atoms with Crippen molar-refractivity contribution >= 4 is 17.5 Å². The second kappa shape index (κ2) is 9.01. The number of Topliss-reactive ketones (excluding diaryl/α,β-unsaturated/α-hetero) is 1. The Bertz CT molecular complexity index is 824. The first kappa shape index (κ1) is 20.7. The highest BCUT2D eigenvalue weighted by Gasteiger charge is 2.37. The summed E-state index contributed by atoms with van der Waals surface area (Å²) in [4.78, 5) is 13.5. The highest BCUT2D eigenvalue weighted by Crippen LogP contribution is 2.44. The third-order valence-corrected chi connectivity index (χ3v) is 6.88. The third kappa shape index (κ3) is 4.20. The maximum Gasteiger partial charge on any atom is 0.161 e. The van der Waals surface area contributed by atoms with Gasteiger partial charge in [-0.3, -0.25) is 10.1 Å². The lowest BCUT2D eigenvalue weighted by Crippen LogP contribution is -2.49. The second-order valence-corrected chi connectivity index (χ2v) is 8.24. The number of nitrogens with one attached hydrogen (secondary N) is 1. The van der Waals surface area contributed by atoms with Crippen molar-refractivity contribution in [3.8, 4) is 11.5 Å². The fourth-order valence-corrected chi connectivity index (χ4v) is 5.07. The summed E-state index contributed by atoms with van der Waals surface area (Å²) in [7, 11) is 3.32. The van der Waals surface area contributed by atoms with Crippen molar-refractivity contribution in [3.05, 3.63) is 53.6 Å². The van der Waals surface area contributed by atoms with Crippen LogP contribution in [0.2, 0.25) is 0 Å². The number of thioether (sulfide) groups is 1. The van der Waals surface area contributed by atoms with E-state index in [1.807, 2.05) is 13.0 Å². The summed E-state index contributed by atoms with van der Waals surface area (Å²) in [5.41, 5.74) is 2.09. The van der Waals surface area contributed by atoms with E-state index in [1.165, 1.54) is 10.5 Å². The van der Waals surface area contributed by atoms with Crippen molar-refractivity contribution in [2.45, 2.75) is 49.6 Å². The van der Waals surface area contributed by atoms with Crippen LogP contribution < -0.4 is 14.8 Å². The molecular formula is C23H29NO3S. The maximum atomic E-state index is 12.4. The zero-order valence-electron chi connectivity index (χ0n) is 17.1. The van der Waals surface area contributed by atoms with Crippen LogP contribution in [0.5, 0.6) is 11.5 Å². The molecule has 1 heterocycles. The van der Waals surface area contributed by atoms with Gasteiger partial charge in [-0.25, -0.2) is 0 Å². The number of fused-ring (bicyclic) bond motifs is 1. The van der Waals surface area contributed by atoms with E-state index in [0.29, 0.717) is 18.6 Å². The third-order valence-electron chi connectivity index (χ3n) is 5.52. The van der Waals surface area contributed by atoms with Crippen LogP contribution >= 0.6 is 11.8 Å². The lowest BCUT2D eigenvalue weighted by atomic mass is 9.87. The quantitative estimate of drug-likeness (QED) is 0.709. The molecule has 3 rings (SSSR count). The average Bonchev–Trinajstić information content (AvgIpc) is 2.90. The minimum absolute atomic E-state index is 0.0180. The molecular weight excluding hydrogens is 370 g/mol. The van der Waals surface area contributed by atoms with Gasteiger partial charge in [0.2, 0.25) is 0 Å². The Morgan fingerprint density at radius 3 is 2.43 bits per heavy atom. The predicted octanol–water partition coefficient (Wildman–Crippen LogP) is 5.01. The Morgan fingerprint density at radius 2 is 1.82 bits per heavy atom. The van der Waals surface area contributed by atoms with Crippen LogP contribution in [0.4, 0.5) is 0 Å². The number of carbonyl (C=O) groups excluding carboxylic acids is 1. The van der Waals surface area contributed by atoms with E-state index >= 15 is 0 Å². The Balaban J connectivity index is 2.12. The molecule has 0 radical (unpaired) electrons. The average molecular weight is 400 g/mol. The molecule has 4 nitrogen and oxygen atoms in total. The van der Waals surface area contributed by atoms with E-state index in [1.54, 1.807) is 26.0 Å². The van der Waals surface area contributed by atoms with Gasteiger partial charge in [-0.2, -0.15) is 0 Å². The monoisotopic (exact) mass is 399 g/mol. The highest BCUT2D eigenvalue weighted by molar-refractivity contribution is 7.99. The SMILES string of the molecule is CCC(=O)C[C@@]1(CC)CSc2cc(OC)c(OC)cc2[C@H](c2ccccc2)N1. The lowest BCUT2D eigenvalue weighted by molar-refractivity contribution is -0.120. The normalized spacial score (nSPS) is 21.5. The molecule has 0 saturated heterocycles. The summed E-state index contributed by atoms with van der Waals surface area (Å²) < 4.78 is 11.1. The van der Waals surface area contributed by atoms with E-state index < -0.39 is 0 Å². The van der Waals surface area contributed by atoms with Crippen molar-refractivity contribution in [3.63, 3.8) is 0 Å². The number of hydrogen-bond acceptors (Lipinski definition) is 5. The number of rotatable bonds is 7. The molecule has 0 spiro atoms. The van der Waals surface area contributed by atoms with Crippen LogP contribution in [-0.2, 0) is 4.79 Å². The van der Waals surface area contributed by atoms with Gasteiger partial charge >= 0.3 is 0 Å². The van der Waals surface area contributed by atoms with Gasteiger partial charge in [0, 0.05) is 29.0 Å². The highest BCUT2D eigenvalue weighted by atomic mass is 32.2. The lowest BCUT2D eigenvalue weighted by Gasteiger charge is -2.35. The minimum atomic E-state index is -0.252. The maximum absolute atomic E-state index is 12.4. The number of ketones is 1. The van der Waals surface area contributed by atoms with Gasteiger partial charge in [0.15, 0.2) is 11.5 Å². The van der Waals surface area contributed by atoms with E-state index in [-0.39, 0.29) is 11.6 Å². The molecule has 0 saturated carbocycles. The Morgan fingerprint density at radius 1 is 1.14 bits per heavy atom. The van der Waals surface area contributed by atoms with Gasteiger partial charge in [0.1, 0.15) is 5.78 Å². The number of ether oxygens (including phenoxy) is 2. The molecule has 2 atom stereocenters. The van der Waals surface area contributed by atoms with Crippen molar-refractivity contribution in [1.82, 2.24) is 5.32 Å². The van der Waals surface area contributed by atoms with Gasteiger partial charge in [-0.05, 0) is 29.7 Å². The van der Waals surface area contributed by atoms with Crippen LogP contribution in [0.15, 0.2) is 47.4 Å². The van der Waals surface area contributed by atoms with Crippen LogP contribution in [-0.4, -0.2) is 31.3 Å². The first-order valence-corrected chi connectivity index (χ1v) is 10.8. The van der Waals surface area contributed by atoms with E-state index in [9.17, 15) is 4.79 Å². The van der Waals surface area contributed by atoms with E-state index in [2.05, 4.69) is 48.6 Å². The molecule has 1 aliphatic rings. The Labute approximate surface area is 172 Å². The zero-order valence-corrected chi connectivity index (χ0v) is 17.9. The van der Waals surface area contributed by atoms with Crippen LogP contribution in [0.1, 0.15) is 50.3 Å². The second-order valence-electron chi connectivity index (χ2n) is 7.22. The van der Waals surface area contributed by atoms with Crippen molar-refractivity contribution in [1.29, 1.82) is 0 Å². The smallest absolute Gasteiger partial charge is 0.161 e. The molecule has 2 aromatic rings. The fourth-order valence-electron chi connectivity index (χ4n) is 3.71. The first-order chi connectivity index (χ1) is 13.6. The summed E-state index contributed by atoms with van der Waals surface area (Å²) in [6.07, 6.45) is 1.99. The van der Waals surface area contributed by atoms with Crippen LogP contribution in [0.25, 0.3) is 0 Å². The molecule has 0 bridgehead atoms. The summed E-state index contributed by atoms with van der Waals surface area (Å²) in [6.45, 7) is 4.10. The van der Waals surface area contributed by atoms with Crippen LogP contribution in [0.3, 0.4) is 0 Å². The molecule has 28 heavy (non-hydrogen) atoms. The molecule has 2 aromatic carbocycles. The first-order valence-electron chi connectivity index (χ1n) is 9.79. The summed E-state index contributed by atoms with van der Waals surface area (Å²) in [5, 5.41) is 3.87. The van der Waals surface area contributed by atoms with E-state index in [0.717, 1.165) is 29.2 Å². The topological polar surface area (TPSA) is 47.6 Å². The molecule has 0 aliphatic carbocycles. The number of hydrogen-bond donors (Lipinski definition) is 1.